The van der Waals surface area contributed by atoms with Crippen LogP contribution in [0.1, 0.15) is 54.9 Å². The molecule has 2 atom stereocenters. The molecule has 1 aliphatic rings. The van der Waals surface area contributed by atoms with E-state index in [-0.39, 0.29) is 29.2 Å². The predicted molar refractivity (Wildman–Crippen MR) is 85.7 cm³/mol. The Hall–Kier alpha value is -1.06. The van der Waals surface area contributed by atoms with Crippen LogP contribution in [-0.2, 0) is 9.59 Å². The van der Waals surface area contributed by atoms with E-state index in [4.69, 9.17) is 0 Å². The van der Waals surface area contributed by atoms with Crippen molar-refractivity contribution in [3.63, 3.8) is 0 Å². The molecule has 0 radical (unpaired) electrons. The first kappa shape index (κ1) is 18.0. The maximum absolute atomic E-state index is 12.6. The summed E-state index contributed by atoms with van der Waals surface area (Å²) in [5.74, 6) is 1.20. The normalized spacial score (nSPS) is 23.6. The summed E-state index contributed by atoms with van der Waals surface area (Å²) < 4.78 is 0. The minimum atomic E-state index is -0.370. The Morgan fingerprint density at radius 2 is 1.67 bits per heavy atom. The predicted octanol–water partition coefficient (Wildman–Crippen LogP) is 2.68. The van der Waals surface area contributed by atoms with Crippen LogP contribution in [0.4, 0.5) is 0 Å². The van der Waals surface area contributed by atoms with Crippen LogP contribution in [0.15, 0.2) is 0 Å². The maximum Gasteiger partial charge on any atom is 0.228 e. The number of nitrogens with zero attached hydrogens (tertiary/aromatic N) is 1. The van der Waals surface area contributed by atoms with Crippen LogP contribution in [0, 0.1) is 23.2 Å². The molecule has 0 spiro atoms. The van der Waals surface area contributed by atoms with Crippen molar-refractivity contribution < 1.29 is 9.59 Å². The van der Waals surface area contributed by atoms with Gasteiger partial charge in [-0.2, -0.15) is 0 Å². The van der Waals surface area contributed by atoms with Gasteiger partial charge in [0.05, 0.1) is 0 Å². The molecule has 2 unspecified atom stereocenters. The fourth-order valence-corrected chi connectivity index (χ4v) is 2.73. The molecular weight excluding hydrogens is 264 g/mol. The summed E-state index contributed by atoms with van der Waals surface area (Å²) in [4.78, 5) is 26.5. The quantitative estimate of drug-likeness (QED) is 0.870. The third-order valence-electron chi connectivity index (χ3n) is 4.23. The highest BCUT2D eigenvalue weighted by molar-refractivity contribution is 5.82. The van der Waals surface area contributed by atoms with E-state index in [0.717, 1.165) is 13.0 Å². The van der Waals surface area contributed by atoms with Gasteiger partial charge in [-0.25, -0.2) is 0 Å². The van der Waals surface area contributed by atoms with Crippen molar-refractivity contribution in [1.29, 1.82) is 0 Å². The van der Waals surface area contributed by atoms with E-state index in [0.29, 0.717) is 18.4 Å². The number of carbonyl (C=O) groups excluding carboxylic acids is 2. The Morgan fingerprint density at radius 3 is 2.10 bits per heavy atom. The lowest BCUT2D eigenvalue weighted by atomic mass is 9.83. The van der Waals surface area contributed by atoms with E-state index >= 15 is 0 Å². The summed E-state index contributed by atoms with van der Waals surface area (Å²) in [6, 6.07) is 0.0762. The molecule has 1 aliphatic heterocycles. The Bertz CT molecular complexity index is 383. The van der Waals surface area contributed by atoms with Crippen LogP contribution in [-0.4, -0.2) is 35.8 Å². The van der Waals surface area contributed by atoms with E-state index in [1.807, 2.05) is 39.5 Å². The van der Waals surface area contributed by atoms with Gasteiger partial charge in [0, 0.05) is 30.5 Å². The molecule has 0 saturated carbocycles. The van der Waals surface area contributed by atoms with E-state index in [1.54, 1.807) is 0 Å². The second kappa shape index (κ2) is 6.80. The highest BCUT2D eigenvalue weighted by atomic mass is 16.2. The number of likely N-dealkylation sites (tertiary alicyclic amines) is 1. The smallest absolute Gasteiger partial charge is 0.228 e. The lowest BCUT2D eigenvalue weighted by molar-refractivity contribution is -0.143. The SMILES string of the molecule is CC(C)C(=O)NC1CC(C(C)C)CN(C(=O)C(C)(C)C)C1. The lowest BCUT2D eigenvalue weighted by Gasteiger charge is -2.42. The molecule has 1 heterocycles. The number of amides is 2. The van der Waals surface area contributed by atoms with Crippen LogP contribution in [0.25, 0.3) is 0 Å². The van der Waals surface area contributed by atoms with Crippen molar-refractivity contribution in [1.82, 2.24) is 10.2 Å². The van der Waals surface area contributed by atoms with E-state index in [2.05, 4.69) is 19.2 Å². The molecule has 122 valence electrons. The number of piperidine rings is 1. The number of nitrogens with one attached hydrogen (secondary N) is 1. The minimum absolute atomic E-state index is 0.0174. The van der Waals surface area contributed by atoms with E-state index in [9.17, 15) is 9.59 Å². The number of hydrogen-bond acceptors (Lipinski definition) is 2. The van der Waals surface area contributed by atoms with Crippen LogP contribution in [0.2, 0.25) is 0 Å². The summed E-state index contributed by atoms with van der Waals surface area (Å²) in [5.41, 5.74) is -0.370. The second-order valence-corrected chi connectivity index (χ2v) is 8.06. The van der Waals surface area contributed by atoms with Gasteiger partial charge in [-0.05, 0) is 18.3 Å². The van der Waals surface area contributed by atoms with Crippen molar-refractivity contribution in [3.8, 4) is 0 Å². The summed E-state index contributed by atoms with van der Waals surface area (Å²) in [6.45, 7) is 15.5. The highest BCUT2D eigenvalue weighted by Gasteiger charge is 2.36. The first-order valence-electron chi connectivity index (χ1n) is 8.12. The summed E-state index contributed by atoms with van der Waals surface area (Å²) in [5, 5.41) is 3.11. The first-order chi connectivity index (χ1) is 9.52. The number of carbonyl (C=O) groups is 2. The Labute approximate surface area is 129 Å². The topological polar surface area (TPSA) is 49.4 Å². The van der Waals surface area contributed by atoms with E-state index < -0.39 is 0 Å². The molecule has 1 N–H and O–H groups in total. The Balaban J connectivity index is 2.82. The van der Waals surface area contributed by atoms with Crippen molar-refractivity contribution in [2.75, 3.05) is 13.1 Å². The van der Waals surface area contributed by atoms with Gasteiger partial charge < -0.3 is 10.2 Å². The summed E-state index contributed by atoms with van der Waals surface area (Å²) in [6.07, 6.45) is 0.962. The van der Waals surface area contributed by atoms with E-state index in [1.165, 1.54) is 0 Å². The summed E-state index contributed by atoms with van der Waals surface area (Å²) in [7, 11) is 0. The van der Waals surface area contributed by atoms with Gasteiger partial charge in [0.2, 0.25) is 11.8 Å². The third kappa shape index (κ3) is 5.01. The molecule has 0 aliphatic carbocycles. The molecule has 2 amide bonds. The second-order valence-electron chi connectivity index (χ2n) is 8.06. The van der Waals surface area contributed by atoms with Gasteiger partial charge in [-0.3, -0.25) is 9.59 Å². The fraction of sp³-hybridized carbons (Fsp3) is 0.882. The Kier molecular flexibility index (Phi) is 5.83. The van der Waals surface area contributed by atoms with Gasteiger partial charge in [-0.1, -0.05) is 48.5 Å². The molecule has 1 saturated heterocycles. The van der Waals surface area contributed by atoms with Gasteiger partial charge in [0.15, 0.2) is 0 Å². The molecule has 21 heavy (non-hydrogen) atoms. The number of hydrogen-bond donors (Lipinski definition) is 1. The minimum Gasteiger partial charge on any atom is -0.351 e. The molecule has 0 aromatic carbocycles. The largest absolute Gasteiger partial charge is 0.351 e. The Morgan fingerprint density at radius 1 is 1.10 bits per heavy atom. The van der Waals surface area contributed by atoms with Crippen LogP contribution in [0.5, 0.6) is 0 Å². The van der Waals surface area contributed by atoms with Gasteiger partial charge in [0.25, 0.3) is 0 Å². The molecule has 1 fully saturated rings. The first-order valence-corrected chi connectivity index (χ1v) is 8.12. The van der Waals surface area contributed by atoms with Crippen LogP contribution >= 0.6 is 0 Å². The fourth-order valence-electron chi connectivity index (χ4n) is 2.73. The summed E-state index contributed by atoms with van der Waals surface area (Å²) >= 11 is 0. The molecule has 4 nitrogen and oxygen atoms in total. The standard InChI is InChI=1S/C17H32N2O2/c1-11(2)13-8-14(18-15(20)12(3)4)10-19(9-13)16(21)17(5,6)7/h11-14H,8-10H2,1-7H3,(H,18,20). The molecular formula is C17H32N2O2. The van der Waals surface area contributed by atoms with Crippen molar-refractivity contribution in [3.05, 3.63) is 0 Å². The van der Waals surface area contributed by atoms with Crippen molar-refractivity contribution in [2.24, 2.45) is 23.2 Å². The zero-order chi connectivity index (χ0) is 16.4. The van der Waals surface area contributed by atoms with Crippen molar-refractivity contribution >= 4 is 11.8 Å². The average Bonchev–Trinajstić information content (AvgIpc) is 2.36. The monoisotopic (exact) mass is 296 g/mol. The molecule has 1 rings (SSSR count). The maximum atomic E-state index is 12.6. The van der Waals surface area contributed by atoms with Gasteiger partial charge >= 0.3 is 0 Å². The molecule has 0 bridgehead atoms. The molecule has 4 heteroatoms. The number of rotatable bonds is 3. The van der Waals surface area contributed by atoms with Crippen LogP contribution in [0.3, 0.4) is 0 Å². The zero-order valence-electron chi connectivity index (χ0n) is 14.7. The molecule has 0 aromatic heterocycles. The zero-order valence-corrected chi connectivity index (χ0v) is 14.7. The van der Waals surface area contributed by atoms with Gasteiger partial charge in [0.1, 0.15) is 0 Å². The van der Waals surface area contributed by atoms with Crippen LogP contribution < -0.4 is 5.32 Å². The highest BCUT2D eigenvalue weighted by Crippen LogP contribution is 2.27. The van der Waals surface area contributed by atoms with Gasteiger partial charge in [-0.15, -0.1) is 0 Å². The molecule has 0 aromatic rings. The lowest BCUT2D eigenvalue weighted by Crippen LogP contribution is -2.55. The van der Waals surface area contributed by atoms with Crippen molar-refractivity contribution in [2.45, 2.75) is 60.9 Å². The average molecular weight is 296 g/mol. The third-order valence-corrected chi connectivity index (χ3v) is 4.23.